The first kappa shape index (κ1) is 13.7. The maximum Gasteiger partial charge on any atom is 0.0606 e. The Kier molecular flexibility index (Phi) is 4.31. The first-order valence-electron chi connectivity index (χ1n) is 5.93. The van der Waals surface area contributed by atoms with Crippen LogP contribution in [0.1, 0.15) is 5.69 Å². The van der Waals surface area contributed by atoms with Gasteiger partial charge in [0.1, 0.15) is 0 Å². The van der Waals surface area contributed by atoms with E-state index in [0.717, 1.165) is 22.8 Å². The van der Waals surface area contributed by atoms with Crippen LogP contribution in [-0.4, -0.2) is 9.55 Å². The van der Waals surface area contributed by atoms with Gasteiger partial charge in [0, 0.05) is 37.7 Å². The molecule has 2 nitrogen and oxygen atoms in total. The molecule has 0 aliphatic rings. The molecule has 0 aliphatic heterocycles. The first-order chi connectivity index (χ1) is 8.84. The van der Waals surface area contributed by atoms with Crippen LogP contribution in [0.5, 0.6) is 0 Å². The molecule has 3 rings (SSSR count). The summed E-state index contributed by atoms with van der Waals surface area (Å²) in [5, 5.41) is 0. The molecule has 3 heteroatoms. The summed E-state index contributed by atoms with van der Waals surface area (Å²) in [4.78, 5) is 4.59. The molecule has 2 aromatic carbocycles. The monoisotopic (exact) mass is 426 g/mol. The third-order valence-electron chi connectivity index (χ3n) is 2.81. The zero-order valence-corrected chi connectivity index (χ0v) is 12.9. The molecule has 0 aliphatic carbocycles. The van der Waals surface area contributed by atoms with Crippen molar-refractivity contribution >= 4 is 0 Å². The average molecular weight is 426 g/mol. The molecule has 0 bridgehead atoms. The van der Waals surface area contributed by atoms with E-state index in [2.05, 4.69) is 27.8 Å². The van der Waals surface area contributed by atoms with Gasteiger partial charge in [-0.3, -0.25) is 4.98 Å². The number of hydrogen-bond donors (Lipinski definition) is 0. The van der Waals surface area contributed by atoms with Gasteiger partial charge >= 0.3 is 0 Å². The number of benzene rings is 2. The third kappa shape index (κ3) is 2.83. The smallest absolute Gasteiger partial charge is 0.0606 e. The van der Waals surface area contributed by atoms with Crippen molar-refractivity contribution < 1.29 is 20.1 Å². The van der Waals surface area contributed by atoms with Gasteiger partial charge in [0.25, 0.3) is 0 Å². The summed E-state index contributed by atoms with van der Waals surface area (Å²) in [5.41, 5.74) is 3.13. The summed E-state index contributed by atoms with van der Waals surface area (Å²) in [5.74, 6) is 0.930. The number of nitrogens with zero attached hydrogens (tertiary/aromatic N) is 2. The fourth-order valence-electron chi connectivity index (χ4n) is 2.01. The van der Waals surface area contributed by atoms with E-state index < -0.39 is 0 Å². The Morgan fingerprint density at radius 2 is 1.74 bits per heavy atom. The molecule has 0 fully saturated rings. The maximum absolute atomic E-state index is 4.59. The van der Waals surface area contributed by atoms with Gasteiger partial charge in [0.05, 0.1) is 5.82 Å². The summed E-state index contributed by atoms with van der Waals surface area (Å²) in [7, 11) is 0. The molecule has 0 saturated carbocycles. The van der Waals surface area contributed by atoms with Crippen LogP contribution in [0.2, 0.25) is 0 Å². The van der Waals surface area contributed by atoms with Crippen LogP contribution >= 0.6 is 0 Å². The number of imidazole rings is 1. The van der Waals surface area contributed by atoms with E-state index >= 15 is 0 Å². The van der Waals surface area contributed by atoms with Crippen LogP contribution in [0, 0.1) is 13.0 Å². The molecule has 0 unspecified atom stereocenters. The fraction of sp³-hybridized carbons (Fsp3) is 0.0625. The van der Waals surface area contributed by atoms with Crippen LogP contribution in [0.3, 0.4) is 0 Å². The Morgan fingerprint density at radius 3 is 2.42 bits per heavy atom. The Labute approximate surface area is 126 Å². The van der Waals surface area contributed by atoms with E-state index in [0.29, 0.717) is 0 Å². The Bertz CT molecular complexity index is 588. The largest absolute Gasteiger partial charge is 0.340 e. The number of hydrogen-bond acceptors (Lipinski definition) is 1. The van der Waals surface area contributed by atoms with Crippen molar-refractivity contribution in [2.24, 2.45) is 0 Å². The Hall–Kier alpha value is -1.70. The Morgan fingerprint density at radius 1 is 1.00 bits per heavy atom. The van der Waals surface area contributed by atoms with Crippen molar-refractivity contribution in [2.45, 2.75) is 6.92 Å². The summed E-state index contributed by atoms with van der Waals surface area (Å²) < 4.78 is 2.10. The van der Waals surface area contributed by atoms with E-state index in [1.165, 1.54) is 0 Å². The standard InChI is InChI=1S/C16H13N2.Ir/c1-13-12-18(15-10-6-3-7-11-15)16(17-13)14-8-4-2-5-9-14;/h2-8,10-12H,1H3;/q-1;. The van der Waals surface area contributed by atoms with Crippen LogP contribution < -0.4 is 0 Å². The van der Waals surface area contributed by atoms with Gasteiger partial charge in [-0.1, -0.05) is 18.2 Å². The van der Waals surface area contributed by atoms with Gasteiger partial charge in [-0.15, -0.1) is 35.9 Å². The van der Waals surface area contributed by atoms with Crippen LogP contribution in [0.25, 0.3) is 17.1 Å². The average Bonchev–Trinajstić information content (AvgIpc) is 2.83. The molecular formula is C16H13IrN2-. The van der Waals surface area contributed by atoms with E-state index in [1.807, 2.05) is 55.6 Å². The zero-order valence-electron chi connectivity index (χ0n) is 10.5. The number of rotatable bonds is 2. The molecule has 0 spiro atoms. The van der Waals surface area contributed by atoms with Gasteiger partial charge in [-0.2, -0.15) is 0 Å². The molecule has 0 amide bonds. The van der Waals surface area contributed by atoms with Gasteiger partial charge in [-0.25, -0.2) is 0 Å². The minimum atomic E-state index is 0. The molecule has 1 radical (unpaired) electrons. The van der Waals surface area contributed by atoms with E-state index in [9.17, 15) is 0 Å². The second kappa shape index (κ2) is 5.96. The second-order valence-corrected chi connectivity index (χ2v) is 4.19. The van der Waals surface area contributed by atoms with Gasteiger partial charge < -0.3 is 4.57 Å². The minimum Gasteiger partial charge on any atom is -0.340 e. The predicted octanol–water partition coefficient (Wildman–Crippen LogP) is 3.65. The van der Waals surface area contributed by atoms with Crippen LogP contribution in [-0.2, 0) is 20.1 Å². The van der Waals surface area contributed by atoms with Gasteiger partial charge in [-0.05, 0) is 19.1 Å². The zero-order chi connectivity index (χ0) is 12.4. The number of para-hydroxylation sites is 1. The van der Waals surface area contributed by atoms with Gasteiger partial charge in [0.2, 0.25) is 0 Å². The SMILES string of the molecule is Cc1cn(-c2ccccc2)c(-c2[c-]cccc2)n1.[Ir]. The molecular weight excluding hydrogens is 412 g/mol. The topological polar surface area (TPSA) is 17.8 Å². The molecule has 1 aromatic heterocycles. The van der Waals surface area contributed by atoms with Crippen LogP contribution in [0.4, 0.5) is 0 Å². The fourth-order valence-corrected chi connectivity index (χ4v) is 2.01. The molecule has 1 heterocycles. The van der Waals surface area contributed by atoms with Crippen molar-refractivity contribution in [3.05, 3.63) is 72.6 Å². The van der Waals surface area contributed by atoms with Crippen molar-refractivity contribution in [1.82, 2.24) is 9.55 Å². The second-order valence-electron chi connectivity index (χ2n) is 4.19. The number of aryl methyl sites for hydroxylation is 1. The van der Waals surface area contributed by atoms with E-state index in [4.69, 9.17) is 0 Å². The van der Waals surface area contributed by atoms with Crippen molar-refractivity contribution in [3.63, 3.8) is 0 Å². The Balaban J connectivity index is 0.00000133. The van der Waals surface area contributed by atoms with Crippen molar-refractivity contribution in [1.29, 1.82) is 0 Å². The number of aromatic nitrogens is 2. The first-order valence-corrected chi connectivity index (χ1v) is 5.93. The maximum atomic E-state index is 4.59. The quantitative estimate of drug-likeness (QED) is 0.573. The van der Waals surface area contributed by atoms with Crippen molar-refractivity contribution in [2.75, 3.05) is 0 Å². The summed E-state index contributed by atoms with van der Waals surface area (Å²) in [6.45, 7) is 2.01. The molecule has 97 valence electrons. The van der Waals surface area contributed by atoms with E-state index in [-0.39, 0.29) is 20.1 Å². The third-order valence-corrected chi connectivity index (χ3v) is 2.81. The van der Waals surface area contributed by atoms with Crippen LogP contribution in [0.15, 0.2) is 60.8 Å². The van der Waals surface area contributed by atoms with Gasteiger partial charge in [0.15, 0.2) is 0 Å². The molecule has 0 saturated heterocycles. The summed E-state index contributed by atoms with van der Waals surface area (Å²) >= 11 is 0. The molecule has 19 heavy (non-hydrogen) atoms. The summed E-state index contributed by atoms with van der Waals surface area (Å²) in [6.07, 6.45) is 2.05. The normalized spacial score (nSPS) is 9.95. The predicted molar refractivity (Wildman–Crippen MR) is 72.6 cm³/mol. The molecule has 0 N–H and O–H groups in total. The van der Waals surface area contributed by atoms with Crippen molar-refractivity contribution in [3.8, 4) is 17.1 Å². The molecule has 0 atom stereocenters. The molecule has 3 aromatic rings. The minimum absolute atomic E-state index is 0. The summed E-state index contributed by atoms with van der Waals surface area (Å²) in [6, 6.07) is 21.4. The van der Waals surface area contributed by atoms with E-state index in [1.54, 1.807) is 0 Å².